The smallest absolute Gasteiger partial charge is 0.256 e. The first-order valence-electron chi connectivity index (χ1n) is 9.18. The van der Waals surface area contributed by atoms with Gasteiger partial charge in [0.25, 0.3) is 5.91 Å². The first-order valence-corrected chi connectivity index (χ1v) is 9.55. The maximum atomic E-state index is 14.2. The van der Waals surface area contributed by atoms with Gasteiger partial charge in [-0.2, -0.15) is 0 Å². The number of amides is 1. The van der Waals surface area contributed by atoms with E-state index in [-0.39, 0.29) is 28.1 Å². The molecule has 2 aromatic carbocycles. The summed E-state index contributed by atoms with van der Waals surface area (Å²) in [4.78, 5) is 23.9. The van der Waals surface area contributed by atoms with Gasteiger partial charge < -0.3 is 20.8 Å². The van der Waals surface area contributed by atoms with Gasteiger partial charge in [-0.3, -0.25) is 4.79 Å². The van der Waals surface area contributed by atoms with Crippen molar-refractivity contribution in [2.45, 2.75) is 0 Å². The second-order valence-electron chi connectivity index (χ2n) is 6.56. The molecule has 0 spiro atoms. The van der Waals surface area contributed by atoms with Crippen LogP contribution in [0.1, 0.15) is 10.4 Å². The van der Waals surface area contributed by atoms with Crippen molar-refractivity contribution < 1.29 is 13.9 Å². The Balaban J connectivity index is 1.56. The maximum absolute atomic E-state index is 14.2. The van der Waals surface area contributed by atoms with Crippen LogP contribution in [0.4, 0.5) is 16.0 Å². The number of nitrogen functional groups attached to an aromatic ring is 1. The summed E-state index contributed by atoms with van der Waals surface area (Å²) in [7, 11) is 1.53. The number of aromatic nitrogens is 3. The molecule has 0 atom stereocenters. The number of benzene rings is 2. The Morgan fingerprint density at radius 1 is 1.19 bits per heavy atom. The first-order chi connectivity index (χ1) is 15.0. The molecule has 9 heteroatoms. The van der Waals surface area contributed by atoms with E-state index in [1.807, 2.05) is 0 Å². The lowest BCUT2D eigenvalue weighted by Crippen LogP contribution is -2.12. The number of ether oxygens (including phenoxy) is 1. The molecule has 0 aliphatic carbocycles. The van der Waals surface area contributed by atoms with Crippen LogP contribution in [0.25, 0.3) is 22.6 Å². The molecule has 0 fully saturated rings. The standard InChI is InChI=1S/C22H17ClFN5O2/c1-31-14-5-2-4-12(10-14)22(30)27-17-9-8-13(11-26-17)19-20(25)29-21(28-19)18-15(23)6-3-7-16(18)24/h2-11H,25H2,1H3,(H,28,29)(H,26,27,30). The van der Waals surface area contributed by atoms with E-state index in [9.17, 15) is 9.18 Å². The number of carbonyl (C=O) groups is 1. The van der Waals surface area contributed by atoms with E-state index in [1.54, 1.807) is 42.5 Å². The van der Waals surface area contributed by atoms with Crippen LogP contribution in [0, 0.1) is 5.82 Å². The zero-order valence-corrected chi connectivity index (χ0v) is 17.1. The van der Waals surface area contributed by atoms with Gasteiger partial charge in [0.05, 0.1) is 17.7 Å². The molecule has 7 nitrogen and oxygen atoms in total. The normalized spacial score (nSPS) is 10.7. The summed E-state index contributed by atoms with van der Waals surface area (Å²) in [5, 5.41) is 2.93. The third kappa shape index (κ3) is 4.19. The third-order valence-electron chi connectivity index (χ3n) is 4.54. The van der Waals surface area contributed by atoms with Crippen LogP contribution in [-0.4, -0.2) is 28.0 Å². The summed E-state index contributed by atoms with van der Waals surface area (Å²) in [6.07, 6.45) is 1.51. The highest BCUT2D eigenvalue weighted by atomic mass is 35.5. The van der Waals surface area contributed by atoms with Crippen molar-refractivity contribution in [3.8, 4) is 28.4 Å². The van der Waals surface area contributed by atoms with Crippen LogP contribution in [-0.2, 0) is 0 Å². The third-order valence-corrected chi connectivity index (χ3v) is 4.86. The fraction of sp³-hybridized carbons (Fsp3) is 0.0455. The Hall–Kier alpha value is -3.91. The highest BCUT2D eigenvalue weighted by Crippen LogP contribution is 2.33. The highest BCUT2D eigenvalue weighted by Gasteiger charge is 2.17. The monoisotopic (exact) mass is 437 g/mol. The molecule has 0 saturated heterocycles. The average molecular weight is 438 g/mol. The van der Waals surface area contributed by atoms with Gasteiger partial charge in [-0.25, -0.2) is 14.4 Å². The predicted octanol–water partition coefficient (Wildman–Crippen LogP) is 4.77. The van der Waals surface area contributed by atoms with E-state index < -0.39 is 5.82 Å². The van der Waals surface area contributed by atoms with Crippen molar-refractivity contribution >= 4 is 29.1 Å². The largest absolute Gasteiger partial charge is 0.497 e. The summed E-state index contributed by atoms with van der Waals surface area (Å²) in [5.74, 6) is 0.547. The number of imidazole rings is 1. The molecule has 4 aromatic rings. The van der Waals surface area contributed by atoms with E-state index in [4.69, 9.17) is 22.1 Å². The molecule has 0 unspecified atom stereocenters. The van der Waals surface area contributed by atoms with Gasteiger partial charge in [0.1, 0.15) is 34.7 Å². The number of aromatic amines is 1. The van der Waals surface area contributed by atoms with Gasteiger partial charge >= 0.3 is 0 Å². The molecule has 0 aliphatic rings. The van der Waals surface area contributed by atoms with Crippen LogP contribution in [0.15, 0.2) is 60.8 Å². The molecule has 31 heavy (non-hydrogen) atoms. The second-order valence-corrected chi connectivity index (χ2v) is 6.97. The average Bonchev–Trinajstić information content (AvgIpc) is 3.15. The molecule has 0 saturated carbocycles. The van der Waals surface area contributed by atoms with Gasteiger partial charge in [-0.15, -0.1) is 0 Å². The Morgan fingerprint density at radius 2 is 2.00 bits per heavy atom. The van der Waals surface area contributed by atoms with Crippen LogP contribution < -0.4 is 15.8 Å². The SMILES string of the molecule is COc1cccc(C(=O)Nc2ccc(-c3nc(-c4c(F)cccc4Cl)[nH]c3N)cn2)c1. The van der Waals surface area contributed by atoms with Crippen LogP contribution in [0.5, 0.6) is 5.75 Å². The van der Waals surface area contributed by atoms with Gasteiger partial charge in [0.15, 0.2) is 0 Å². The topological polar surface area (TPSA) is 106 Å². The summed E-state index contributed by atoms with van der Waals surface area (Å²) >= 11 is 6.11. The minimum Gasteiger partial charge on any atom is -0.497 e. The predicted molar refractivity (Wildman–Crippen MR) is 118 cm³/mol. The molecule has 2 aromatic heterocycles. The molecule has 0 bridgehead atoms. The quantitative estimate of drug-likeness (QED) is 0.417. The Bertz CT molecular complexity index is 1240. The number of nitrogens with two attached hydrogens (primary N) is 1. The van der Waals surface area contributed by atoms with Crippen LogP contribution in [0.3, 0.4) is 0 Å². The number of pyridine rings is 1. The molecule has 4 rings (SSSR count). The molecule has 0 radical (unpaired) electrons. The summed E-state index contributed by atoms with van der Waals surface area (Å²) in [5.41, 5.74) is 7.60. The van der Waals surface area contributed by atoms with Crippen molar-refractivity contribution in [3.63, 3.8) is 0 Å². The van der Waals surface area contributed by atoms with Crippen molar-refractivity contribution in [1.29, 1.82) is 0 Å². The molecular weight excluding hydrogens is 421 g/mol. The fourth-order valence-corrected chi connectivity index (χ4v) is 3.26. The molecule has 2 heterocycles. The van der Waals surface area contributed by atoms with Gasteiger partial charge in [-0.05, 0) is 42.5 Å². The Morgan fingerprint density at radius 3 is 2.71 bits per heavy atom. The Labute approximate surface area is 182 Å². The van der Waals surface area contributed by atoms with Crippen molar-refractivity contribution in [2.75, 3.05) is 18.2 Å². The Kier molecular flexibility index (Phi) is 5.55. The van der Waals surface area contributed by atoms with Crippen molar-refractivity contribution in [2.24, 2.45) is 0 Å². The second kappa shape index (κ2) is 8.45. The van der Waals surface area contributed by atoms with Gasteiger partial charge in [-0.1, -0.05) is 23.7 Å². The number of hydrogen-bond acceptors (Lipinski definition) is 5. The summed E-state index contributed by atoms with van der Waals surface area (Å²) < 4.78 is 19.3. The van der Waals surface area contributed by atoms with Gasteiger partial charge in [0.2, 0.25) is 0 Å². The number of H-pyrrole nitrogens is 1. The molecule has 0 aliphatic heterocycles. The van der Waals surface area contributed by atoms with Gasteiger partial charge in [0, 0.05) is 17.3 Å². The molecule has 4 N–H and O–H groups in total. The lowest BCUT2D eigenvalue weighted by Gasteiger charge is -2.07. The van der Waals surface area contributed by atoms with E-state index in [0.717, 1.165) is 0 Å². The fourth-order valence-electron chi connectivity index (χ4n) is 3.01. The number of carbonyl (C=O) groups excluding carboxylic acids is 1. The minimum atomic E-state index is -0.512. The van der Waals surface area contributed by atoms with Crippen molar-refractivity contribution in [1.82, 2.24) is 15.0 Å². The molecule has 156 valence electrons. The van der Waals surface area contributed by atoms with Crippen LogP contribution in [0.2, 0.25) is 5.02 Å². The molecule has 1 amide bonds. The lowest BCUT2D eigenvalue weighted by molar-refractivity contribution is 0.102. The summed E-state index contributed by atoms with van der Waals surface area (Å²) in [6, 6.07) is 14.5. The number of nitrogens with zero attached hydrogens (tertiary/aromatic N) is 2. The van der Waals surface area contributed by atoms with E-state index >= 15 is 0 Å². The number of methoxy groups -OCH3 is 1. The van der Waals surface area contributed by atoms with E-state index in [2.05, 4.69) is 20.3 Å². The van der Waals surface area contributed by atoms with E-state index in [0.29, 0.717) is 28.4 Å². The number of nitrogens with one attached hydrogen (secondary N) is 2. The van der Waals surface area contributed by atoms with Crippen LogP contribution >= 0.6 is 11.6 Å². The molecular formula is C22H17ClFN5O2. The zero-order valence-electron chi connectivity index (χ0n) is 16.3. The maximum Gasteiger partial charge on any atom is 0.256 e. The summed E-state index contributed by atoms with van der Waals surface area (Å²) in [6.45, 7) is 0. The zero-order chi connectivity index (χ0) is 22.0. The number of rotatable bonds is 5. The minimum absolute atomic E-state index is 0.136. The number of anilines is 2. The first kappa shape index (κ1) is 20.4. The number of halogens is 2. The van der Waals surface area contributed by atoms with E-state index in [1.165, 1.54) is 25.4 Å². The van der Waals surface area contributed by atoms with Crippen molar-refractivity contribution in [3.05, 3.63) is 77.2 Å². The highest BCUT2D eigenvalue weighted by molar-refractivity contribution is 6.33. The number of hydrogen-bond donors (Lipinski definition) is 3. The lowest BCUT2D eigenvalue weighted by atomic mass is 10.2.